The predicted molar refractivity (Wildman–Crippen MR) is 70.9 cm³/mol. The second kappa shape index (κ2) is 5.87. The largest absolute Gasteiger partial charge is 0.409 e. The summed E-state index contributed by atoms with van der Waals surface area (Å²) in [7, 11) is 0. The molecule has 1 aromatic carbocycles. The monoisotopic (exact) mass is 281 g/mol. The van der Waals surface area contributed by atoms with E-state index in [1.54, 1.807) is 6.07 Å². The summed E-state index contributed by atoms with van der Waals surface area (Å²) in [4.78, 5) is 12.4. The number of amidine groups is 1. The van der Waals surface area contributed by atoms with E-state index < -0.39 is 17.1 Å². The van der Waals surface area contributed by atoms with Crippen molar-refractivity contribution in [1.29, 1.82) is 0 Å². The van der Waals surface area contributed by atoms with Crippen molar-refractivity contribution in [2.75, 3.05) is 18.5 Å². The van der Waals surface area contributed by atoms with Gasteiger partial charge in [0.15, 0.2) is 5.84 Å². The third kappa shape index (κ3) is 2.72. The number of carbonyl (C=O) groups is 1. The molecule has 108 valence electrons. The van der Waals surface area contributed by atoms with Gasteiger partial charge in [0.1, 0.15) is 11.2 Å². The lowest BCUT2D eigenvalue weighted by atomic mass is 9.78. The fourth-order valence-corrected chi connectivity index (χ4v) is 2.23. The van der Waals surface area contributed by atoms with Gasteiger partial charge < -0.3 is 21.0 Å². The summed E-state index contributed by atoms with van der Waals surface area (Å²) in [6.45, 7) is 0.680. The lowest BCUT2D eigenvalue weighted by Crippen LogP contribution is -2.50. The van der Waals surface area contributed by atoms with Crippen LogP contribution < -0.4 is 11.1 Å². The van der Waals surface area contributed by atoms with E-state index in [-0.39, 0.29) is 5.84 Å². The van der Waals surface area contributed by atoms with Crippen molar-refractivity contribution in [3.8, 4) is 0 Å². The maximum atomic E-state index is 13.1. The van der Waals surface area contributed by atoms with Gasteiger partial charge in [0.25, 0.3) is 0 Å². The molecule has 0 atom stereocenters. The van der Waals surface area contributed by atoms with Crippen LogP contribution in [0.15, 0.2) is 29.4 Å². The molecular formula is C13H16FN3O3. The van der Waals surface area contributed by atoms with E-state index in [9.17, 15) is 9.18 Å². The van der Waals surface area contributed by atoms with E-state index >= 15 is 0 Å². The number of anilines is 1. The van der Waals surface area contributed by atoms with Crippen molar-refractivity contribution in [3.05, 3.63) is 30.1 Å². The van der Waals surface area contributed by atoms with Gasteiger partial charge in [-0.3, -0.25) is 4.79 Å². The Morgan fingerprint density at radius 2 is 2.15 bits per heavy atom. The molecule has 7 heteroatoms. The molecule has 0 aromatic heterocycles. The second-order valence-corrected chi connectivity index (χ2v) is 4.64. The molecule has 1 aliphatic heterocycles. The fraction of sp³-hybridized carbons (Fsp3) is 0.385. The Kier molecular flexibility index (Phi) is 4.19. The zero-order chi connectivity index (χ0) is 14.6. The van der Waals surface area contributed by atoms with Gasteiger partial charge in [0.05, 0.1) is 0 Å². The number of ether oxygens (including phenoxy) is 1. The normalized spacial score (nSPS) is 18.6. The molecule has 4 N–H and O–H groups in total. The average molecular weight is 281 g/mol. The molecule has 0 spiro atoms. The van der Waals surface area contributed by atoms with Gasteiger partial charge >= 0.3 is 0 Å². The predicted octanol–water partition coefficient (Wildman–Crippen LogP) is 1.31. The summed E-state index contributed by atoms with van der Waals surface area (Å²) in [6.07, 6.45) is 0.619. The third-order valence-electron chi connectivity index (χ3n) is 3.46. The van der Waals surface area contributed by atoms with E-state index in [0.717, 1.165) is 0 Å². The van der Waals surface area contributed by atoms with Gasteiger partial charge in [-0.05, 0) is 31.0 Å². The minimum atomic E-state index is -1.13. The molecule has 1 saturated heterocycles. The number of hydrogen-bond donors (Lipinski definition) is 3. The van der Waals surface area contributed by atoms with Crippen LogP contribution in [0.1, 0.15) is 12.8 Å². The van der Waals surface area contributed by atoms with Gasteiger partial charge in [-0.1, -0.05) is 11.2 Å². The maximum absolute atomic E-state index is 13.1. The van der Waals surface area contributed by atoms with Crippen LogP contribution in [0.5, 0.6) is 0 Å². The quantitative estimate of drug-likeness (QED) is 0.337. The number of nitrogens with one attached hydrogen (secondary N) is 1. The van der Waals surface area contributed by atoms with Gasteiger partial charge in [-0.2, -0.15) is 0 Å². The minimum Gasteiger partial charge on any atom is -0.409 e. The molecule has 1 amide bonds. The summed E-state index contributed by atoms with van der Waals surface area (Å²) in [5.74, 6) is -1.04. The molecule has 0 radical (unpaired) electrons. The number of nitrogens with zero attached hydrogens (tertiary/aromatic N) is 1. The molecule has 1 fully saturated rings. The topological polar surface area (TPSA) is 96.9 Å². The molecule has 0 bridgehead atoms. The smallest absolute Gasteiger partial charge is 0.238 e. The first kappa shape index (κ1) is 14.3. The summed E-state index contributed by atoms with van der Waals surface area (Å²) in [5, 5.41) is 14.5. The number of benzene rings is 1. The first-order valence-electron chi connectivity index (χ1n) is 6.21. The molecule has 6 nitrogen and oxygen atoms in total. The lowest BCUT2D eigenvalue weighted by molar-refractivity contribution is -0.126. The van der Waals surface area contributed by atoms with Crippen LogP contribution in [0.3, 0.4) is 0 Å². The number of hydrogen-bond acceptors (Lipinski definition) is 4. The molecule has 0 aliphatic carbocycles. The van der Waals surface area contributed by atoms with E-state index in [1.165, 1.54) is 18.2 Å². The summed E-state index contributed by atoms with van der Waals surface area (Å²) < 4.78 is 18.3. The van der Waals surface area contributed by atoms with Crippen LogP contribution in [0.25, 0.3) is 0 Å². The Morgan fingerprint density at radius 3 is 2.75 bits per heavy atom. The minimum absolute atomic E-state index is 0.158. The third-order valence-corrected chi connectivity index (χ3v) is 3.46. The Balaban J connectivity index is 2.23. The van der Waals surface area contributed by atoms with Crippen LogP contribution in [0, 0.1) is 11.2 Å². The highest BCUT2D eigenvalue weighted by atomic mass is 19.1. The average Bonchev–Trinajstić information content (AvgIpc) is 2.47. The zero-order valence-electron chi connectivity index (χ0n) is 10.8. The van der Waals surface area contributed by atoms with Crippen molar-refractivity contribution in [1.82, 2.24) is 0 Å². The first-order valence-corrected chi connectivity index (χ1v) is 6.21. The molecular weight excluding hydrogens is 265 g/mol. The van der Waals surface area contributed by atoms with Crippen molar-refractivity contribution < 1.29 is 19.1 Å². The van der Waals surface area contributed by atoms with Gasteiger partial charge in [0.2, 0.25) is 5.91 Å². The van der Waals surface area contributed by atoms with Crippen molar-refractivity contribution in [2.45, 2.75) is 12.8 Å². The van der Waals surface area contributed by atoms with E-state index in [1.807, 2.05) is 0 Å². The SMILES string of the molecule is NC(=NO)C1(C(=O)Nc2cccc(F)c2)CCOCC1. The Bertz CT molecular complexity index is 527. The van der Waals surface area contributed by atoms with Crippen LogP contribution in [0.4, 0.5) is 10.1 Å². The Morgan fingerprint density at radius 1 is 1.45 bits per heavy atom. The highest BCUT2D eigenvalue weighted by Crippen LogP contribution is 2.32. The van der Waals surface area contributed by atoms with Gasteiger partial charge in [-0.25, -0.2) is 4.39 Å². The van der Waals surface area contributed by atoms with Crippen molar-refractivity contribution in [2.24, 2.45) is 16.3 Å². The van der Waals surface area contributed by atoms with E-state index in [4.69, 9.17) is 15.7 Å². The van der Waals surface area contributed by atoms with Crippen LogP contribution in [-0.2, 0) is 9.53 Å². The van der Waals surface area contributed by atoms with Crippen LogP contribution >= 0.6 is 0 Å². The number of nitrogens with two attached hydrogens (primary N) is 1. The zero-order valence-corrected chi connectivity index (χ0v) is 10.8. The standard InChI is InChI=1S/C13H16FN3O3/c14-9-2-1-3-10(8-9)16-12(18)13(11(15)17-19)4-6-20-7-5-13/h1-3,8,19H,4-7H2,(H2,15,17)(H,16,18). The second-order valence-electron chi connectivity index (χ2n) is 4.64. The molecule has 1 aromatic rings. The number of amides is 1. The molecule has 2 rings (SSSR count). The number of halogens is 1. The molecule has 1 aliphatic rings. The molecule has 0 unspecified atom stereocenters. The number of carbonyl (C=O) groups excluding carboxylic acids is 1. The first-order chi connectivity index (χ1) is 9.58. The fourth-order valence-electron chi connectivity index (χ4n) is 2.23. The van der Waals surface area contributed by atoms with Gasteiger partial charge in [0, 0.05) is 18.9 Å². The van der Waals surface area contributed by atoms with Crippen LogP contribution in [0.2, 0.25) is 0 Å². The summed E-state index contributed by atoms with van der Waals surface area (Å²) in [5.41, 5.74) is 4.88. The number of rotatable bonds is 3. The van der Waals surface area contributed by atoms with Gasteiger partial charge in [-0.15, -0.1) is 0 Å². The highest BCUT2D eigenvalue weighted by molar-refractivity contribution is 6.11. The number of oxime groups is 1. The van der Waals surface area contributed by atoms with E-state index in [0.29, 0.717) is 31.7 Å². The summed E-state index contributed by atoms with van der Waals surface area (Å²) in [6, 6.07) is 5.55. The maximum Gasteiger partial charge on any atom is 0.238 e. The van der Waals surface area contributed by atoms with Crippen molar-refractivity contribution in [3.63, 3.8) is 0 Å². The van der Waals surface area contributed by atoms with Crippen molar-refractivity contribution >= 4 is 17.4 Å². The van der Waals surface area contributed by atoms with Crippen LogP contribution in [-0.4, -0.2) is 30.2 Å². The molecule has 1 heterocycles. The molecule has 20 heavy (non-hydrogen) atoms. The lowest BCUT2D eigenvalue weighted by Gasteiger charge is -2.34. The van der Waals surface area contributed by atoms with E-state index in [2.05, 4.69) is 10.5 Å². The Labute approximate surface area is 115 Å². The Hall–Kier alpha value is -2.15. The molecule has 0 saturated carbocycles. The summed E-state index contributed by atoms with van der Waals surface area (Å²) >= 11 is 0. The highest BCUT2D eigenvalue weighted by Gasteiger charge is 2.44.